The second-order valence-electron chi connectivity index (χ2n) is 3.72. The van der Waals surface area contributed by atoms with Crippen molar-refractivity contribution in [1.29, 1.82) is 0 Å². The maximum Gasteiger partial charge on any atom is 2.00 e. The average molecular weight is 394 g/mol. The molecule has 2 atom stereocenters. The molecule has 0 heterocycles. The topological polar surface area (TPSA) is 270 Å². The van der Waals surface area contributed by atoms with Crippen LogP contribution < -0.4 is 21.7 Å². The number of hydrogen-bond donors (Lipinski definition) is 4. The van der Waals surface area contributed by atoms with Gasteiger partial charge in [0.25, 0.3) is 0 Å². The molecular weight excluding hydrogens is 374 g/mol. The van der Waals surface area contributed by atoms with Gasteiger partial charge in [0.15, 0.2) is 0 Å². The Morgan fingerprint density at radius 2 is 1.00 bits per heavy atom. The molecule has 23 heavy (non-hydrogen) atoms. The van der Waals surface area contributed by atoms with Crippen molar-refractivity contribution in [3.05, 3.63) is 0 Å². The molecule has 0 amide bonds. The Hall–Kier alpha value is -1.66. The van der Waals surface area contributed by atoms with Gasteiger partial charge in [-0.15, -0.1) is 0 Å². The first-order chi connectivity index (χ1) is 9.07. The third-order valence-corrected chi connectivity index (χ3v) is 1.94. The number of hydrogen-bond acceptors (Lipinski definition) is 8. The van der Waals surface area contributed by atoms with E-state index in [1.807, 2.05) is 0 Å². The van der Waals surface area contributed by atoms with Gasteiger partial charge >= 0.3 is 31.4 Å². The van der Waals surface area contributed by atoms with Gasteiger partial charge in [-0.1, -0.05) is 0 Å². The molecule has 0 aromatic rings. The van der Waals surface area contributed by atoms with Crippen molar-refractivity contribution in [2.75, 3.05) is 0 Å². The van der Waals surface area contributed by atoms with Crippen molar-refractivity contribution in [2.45, 2.75) is 37.8 Å². The standard InChI is InChI=1S/2C5H9NO4.2H2O.Zn/c2*6-3(5(9)10)1-2-4(7)8;;;/h2*3H,1-2,6H2,(H,7,8)(H,9,10);2*1H2;/q;;;;+2/p-2/t2*3-;;;/m00.../s1. The molecule has 12 nitrogen and oxygen atoms in total. The van der Waals surface area contributed by atoms with Crippen molar-refractivity contribution in [2.24, 2.45) is 11.5 Å². The first kappa shape index (κ1) is 33.1. The summed E-state index contributed by atoms with van der Waals surface area (Å²) in [4.78, 5) is 39.5. The molecule has 0 bridgehead atoms. The van der Waals surface area contributed by atoms with Crippen LogP contribution in [0.15, 0.2) is 0 Å². The van der Waals surface area contributed by atoms with Gasteiger partial charge in [0.2, 0.25) is 0 Å². The first-order valence-corrected chi connectivity index (χ1v) is 5.44. The summed E-state index contributed by atoms with van der Waals surface area (Å²) in [6.45, 7) is 0. The smallest absolute Gasteiger partial charge is 0.548 e. The fraction of sp³-hybridized carbons (Fsp3) is 0.600. The van der Waals surface area contributed by atoms with Crippen LogP contribution in [0.2, 0.25) is 0 Å². The van der Waals surface area contributed by atoms with Crippen LogP contribution >= 0.6 is 0 Å². The van der Waals surface area contributed by atoms with Crippen LogP contribution in [0.1, 0.15) is 25.7 Å². The van der Waals surface area contributed by atoms with E-state index in [-0.39, 0.29) is 56.1 Å². The second kappa shape index (κ2) is 18.4. The summed E-state index contributed by atoms with van der Waals surface area (Å²) in [6.07, 6.45) is -0.653. The van der Waals surface area contributed by atoms with E-state index in [0.29, 0.717) is 0 Å². The Morgan fingerprint density at radius 3 is 1.13 bits per heavy atom. The molecule has 0 radical (unpaired) electrons. The Bertz CT molecular complexity index is 332. The number of carboxylic acids is 4. The predicted molar refractivity (Wildman–Crippen MR) is 66.9 cm³/mol. The van der Waals surface area contributed by atoms with E-state index in [0.717, 1.165) is 0 Å². The maximum absolute atomic E-state index is 9.88. The summed E-state index contributed by atoms with van der Waals surface area (Å²) in [5.41, 5.74) is 9.88. The summed E-state index contributed by atoms with van der Waals surface area (Å²) in [7, 11) is 0. The molecule has 0 aromatic carbocycles. The monoisotopic (exact) mass is 392 g/mol. The molecule has 0 spiro atoms. The van der Waals surface area contributed by atoms with Crippen molar-refractivity contribution < 1.29 is 70.0 Å². The minimum absolute atomic E-state index is 0. The zero-order valence-corrected chi connectivity index (χ0v) is 15.2. The Labute approximate surface area is 143 Å². The van der Waals surface area contributed by atoms with Crippen LogP contribution in [0, 0.1) is 0 Å². The second-order valence-corrected chi connectivity index (χ2v) is 3.72. The summed E-state index contributed by atoms with van der Waals surface area (Å²) in [5.74, 6) is -4.95. The normalized spacial score (nSPS) is 10.9. The van der Waals surface area contributed by atoms with Crippen LogP contribution in [0.25, 0.3) is 0 Å². The van der Waals surface area contributed by atoms with Crippen molar-refractivity contribution in [1.82, 2.24) is 0 Å². The van der Waals surface area contributed by atoms with Gasteiger partial charge in [-0.2, -0.15) is 0 Å². The van der Waals surface area contributed by atoms with Crippen LogP contribution in [0.4, 0.5) is 0 Å². The average Bonchev–Trinajstić information content (AvgIpc) is 2.33. The molecule has 0 saturated heterocycles. The molecule has 0 aliphatic rings. The molecule has 0 aliphatic heterocycles. The Morgan fingerprint density at radius 1 is 0.783 bits per heavy atom. The third-order valence-electron chi connectivity index (χ3n) is 1.94. The van der Waals surface area contributed by atoms with Gasteiger partial charge in [0, 0.05) is 24.9 Å². The molecule has 0 unspecified atom stereocenters. The van der Waals surface area contributed by atoms with E-state index < -0.39 is 36.0 Å². The number of nitrogens with two attached hydrogens (primary N) is 2. The molecule has 0 saturated carbocycles. The van der Waals surface area contributed by atoms with Crippen molar-refractivity contribution >= 4 is 23.9 Å². The fourth-order valence-corrected chi connectivity index (χ4v) is 0.794. The SMILES string of the molecule is N[C@@H](CCC(=O)O)C(=O)[O-].N[C@@H](CCC(=O)O)C(=O)[O-].O.O.[Zn+2]. The Kier molecular flexibility index (Phi) is 26.4. The van der Waals surface area contributed by atoms with Gasteiger partial charge in [-0.3, -0.25) is 9.59 Å². The summed E-state index contributed by atoms with van der Waals surface area (Å²) < 4.78 is 0. The molecule has 0 aliphatic carbocycles. The van der Waals surface area contributed by atoms with E-state index in [1.54, 1.807) is 0 Å². The number of rotatable bonds is 8. The number of carbonyl (C=O) groups excluding carboxylic acids is 2. The van der Waals surface area contributed by atoms with E-state index >= 15 is 0 Å². The van der Waals surface area contributed by atoms with E-state index in [4.69, 9.17) is 21.7 Å². The van der Waals surface area contributed by atoms with Gasteiger partial charge in [0.1, 0.15) is 0 Å². The van der Waals surface area contributed by atoms with Gasteiger partial charge in [0.05, 0.1) is 11.9 Å². The number of carboxylic acid groups (broad SMARTS) is 4. The van der Waals surface area contributed by atoms with Crippen LogP contribution in [0.3, 0.4) is 0 Å². The zero-order valence-electron chi connectivity index (χ0n) is 12.2. The van der Waals surface area contributed by atoms with E-state index in [9.17, 15) is 29.4 Å². The summed E-state index contributed by atoms with van der Waals surface area (Å²) in [5, 5.41) is 35.9. The largest absolute Gasteiger partial charge is 2.00 e. The molecule has 10 N–H and O–H groups in total. The van der Waals surface area contributed by atoms with E-state index in [1.165, 1.54) is 0 Å². The number of aliphatic carboxylic acids is 4. The molecule has 0 fully saturated rings. The van der Waals surface area contributed by atoms with Gasteiger partial charge in [-0.05, 0) is 12.8 Å². The first-order valence-electron chi connectivity index (χ1n) is 5.44. The van der Waals surface area contributed by atoms with Crippen LogP contribution in [0.5, 0.6) is 0 Å². The molecular formula is C10H20N2O10Zn. The van der Waals surface area contributed by atoms with Crippen LogP contribution in [-0.2, 0) is 38.7 Å². The quantitative estimate of drug-likeness (QED) is 0.283. The number of carbonyl (C=O) groups is 4. The predicted octanol–water partition coefficient (Wildman–Crippen LogP) is -5.80. The maximum atomic E-state index is 9.88. The Balaban J connectivity index is -0.0000000831. The molecule has 0 rings (SSSR count). The van der Waals surface area contributed by atoms with Crippen LogP contribution in [-0.4, -0.2) is 57.1 Å². The van der Waals surface area contributed by atoms with Crippen molar-refractivity contribution in [3.8, 4) is 0 Å². The van der Waals surface area contributed by atoms with Gasteiger partial charge < -0.3 is 52.4 Å². The third kappa shape index (κ3) is 25.6. The van der Waals surface area contributed by atoms with Crippen molar-refractivity contribution in [3.63, 3.8) is 0 Å². The summed E-state index contributed by atoms with van der Waals surface area (Å²) >= 11 is 0. The zero-order chi connectivity index (χ0) is 16.3. The molecule has 13 heteroatoms. The van der Waals surface area contributed by atoms with Gasteiger partial charge in [-0.25, -0.2) is 0 Å². The molecule has 0 aromatic heterocycles. The molecule has 132 valence electrons. The fourth-order valence-electron chi connectivity index (χ4n) is 0.794. The minimum atomic E-state index is -1.42. The summed E-state index contributed by atoms with van der Waals surface area (Å²) in [6, 6.07) is -2.34. The van der Waals surface area contributed by atoms with E-state index in [2.05, 4.69) is 0 Å². The minimum Gasteiger partial charge on any atom is -0.548 e.